The van der Waals surface area contributed by atoms with Crippen molar-refractivity contribution in [3.63, 3.8) is 0 Å². The second-order valence-electron chi connectivity index (χ2n) is 6.21. The van der Waals surface area contributed by atoms with Crippen molar-refractivity contribution >= 4 is 47.9 Å². The van der Waals surface area contributed by atoms with E-state index in [2.05, 4.69) is 8.58 Å². The molecule has 0 aliphatic rings. The Hall–Kier alpha value is -1.98. The van der Waals surface area contributed by atoms with Crippen LogP contribution >= 0.6 is 23.7 Å². The molecule has 0 aromatic rings. The van der Waals surface area contributed by atoms with Crippen LogP contribution in [0.25, 0.3) is 0 Å². The van der Waals surface area contributed by atoms with E-state index in [1.807, 2.05) is 13.8 Å². The van der Waals surface area contributed by atoms with Crippen molar-refractivity contribution in [3.05, 3.63) is 0 Å². The lowest BCUT2D eigenvalue weighted by molar-refractivity contribution is -0.134. The maximum absolute atomic E-state index is 12.1. The van der Waals surface area contributed by atoms with Gasteiger partial charge in [0.15, 0.2) is 0 Å². The lowest BCUT2D eigenvalue weighted by atomic mass is 10.3. The molecule has 0 aliphatic carbocycles. The fraction of sp³-hybridized carbons (Fsp3) is 0.778. The van der Waals surface area contributed by atoms with E-state index in [1.165, 1.54) is 0 Å². The summed E-state index contributed by atoms with van der Waals surface area (Å²) in [5.41, 5.74) is 0. The Balaban J connectivity index is 4.17. The first-order valence-electron chi connectivity index (χ1n) is 9.93. The van der Waals surface area contributed by atoms with Crippen molar-refractivity contribution in [2.75, 3.05) is 52.6 Å². The standard InChI is InChI=1S/C18H30Cl2N2O9/c1-3-7-21(8-4-2)17(25)28-13-11-27-12-14-29-18(26)22(9-5-15(23)30-19)10-6-16(24)31-20/h3-14H2,1-2H3. The molecule has 0 saturated heterocycles. The summed E-state index contributed by atoms with van der Waals surface area (Å²) in [6.45, 7) is 5.26. The van der Waals surface area contributed by atoms with Gasteiger partial charge in [-0.3, -0.25) is 9.59 Å². The van der Waals surface area contributed by atoms with Crippen LogP contribution in [0.2, 0.25) is 0 Å². The average Bonchev–Trinajstić information content (AvgIpc) is 2.77. The van der Waals surface area contributed by atoms with Gasteiger partial charge in [-0.15, -0.1) is 0 Å². The Kier molecular flexibility index (Phi) is 17.6. The first kappa shape index (κ1) is 29.0. The molecule has 0 fully saturated rings. The van der Waals surface area contributed by atoms with Crippen molar-refractivity contribution in [1.29, 1.82) is 0 Å². The first-order valence-corrected chi connectivity index (χ1v) is 10.5. The highest BCUT2D eigenvalue weighted by Gasteiger charge is 2.19. The summed E-state index contributed by atoms with van der Waals surface area (Å²) in [5.74, 6) is -1.48. The third-order valence-corrected chi connectivity index (χ3v) is 4.10. The molecule has 180 valence electrons. The van der Waals surface area contributed by atoms with Gasteiger partial charge in [0.05, 0.1) is 26.1 Å². The largest absolute Gasteiger partial charge is 0.447 e. The van der Waals surface area contributed by atoms with Gasteiger partial charge in [-0.05, 0) is 12.8 Å². The highest BCUT2D eigenvalue weighted by atomic mass is 35.5. The predicted molar refractivity (Wildman–Crippen MR) is 110 cm³/mol. The van der Waals surface area contributed by atoms with Crippen molar-refractivity contribution in [2.24, 2.45) is 0 Å². The van der Waals surface area contributed by atoms with Gasteiger partial charge in [0.1, 0.15) is 36.9 Å². The SMILES string of the molecule is CCCN(CCC)C(=O)OCCOCCOC(=O)N(CCC(=O)OCl)CCC(=O)OCl. The Bertz CT molecular complexity index is 526. The Morgan fingerprint density at radius 1 is 0.645 bits per heavy atom. The normalized spacial score (nSPS) is 10.2. The van der Waals surface area contributed by atoms with Crippen molar-refractivity contribution in [2.45, 2.75) is 39.5 Å². The monoisotopic (exact) mass is 488 g/mol. The molecule has 0 heterocycles. The minimum absolute atomic E-state index is 0.0677. The zero-order valence-corrected chi connectivity index (χ0v) is 19.3. The second-order valence-corrected chi connectivity index (χ2v) is 6.52. The molecule has 0 N–H and O–H groups in total. The Morgan fingerprint density at radius 2 is 1.03 bits per heavy atom. The van der Waals surface area contributed by atoms with Crippen LogP contribution in [0.15, 0.2) is 0 Å². The van der Waals surface area contributed by atoms with Gasteiger partial charge in [0.2, 0.25) is 0 Å². The maximum atomic E-state index is 12.1. The molecule has 0 spiro atoms. The van der Waals surface area contributed by atoms with Gasteiger partial charge in [0.25, 0.3) is 0 Å². The zero-order valence-electron chi connectivity index (χ0n) is 17.8. The fourth-order valence-electron chi connectivity index (χ4n) is 2.32. The summed E-state index contributed by atoms with van der Waals surface area (Å²) in [5, 5.41) is 0. The number of ether oxygens (including phenoxy) is 3. The van der Waals surface area contributed by atoms with Crippen LogP contribution in [-0.2, 0) is 32.4 Å². The summed E-state index contributed by atoms with van der Waals surface area (Å²) in [4.78, 5) is 49.1. The molecule has 0 atom stereocenters. The van der Waals surface area contributed by atoms with Gasteiger partial charge < -0.3 is 32.6 Å². The number of carbonyl (C=O) groups excluding carboxylic acids is 4. The van der Waals surface area contributed by atoms with E-state index in [0.29, 0.717) is 13.1 Å². The van der Waals surface area contributed by atoms with Gasteiger partial charge in [-0.25, -0.2) is 9.59 Å². The number of amides is 2. The van der Waals surface area contributed by atoms with Gasteiger partial charge in [-0.2, -0.15) is 0 Å². The highest BCUT2D eigenvalue weighted by molar-refractivity contribution is 6.13. The molecule has 0 aromatic carbocycles. The van der Waals surface area contributed by atoms with Crippen LogP contribution in [-0.4, -0.2) is 86.5 Å². The number of nitrogens with zero attached hydrogens (tertiary/aromatic N) is 2. The van der Waals surface area contributed by atoms with Crippen LogP contribution in [0, 0.1) is 0 Å². The number of rotatable bonds is 16. The van der Waals surface area contributed by atoms with E-state index in [9.17, 15) is 19.2 Å². The number of hydrogen-bond acceptors (Lipinski definition) is 9. The molecule has 0 saturated carbocycles. The fourth-order valence-corrected chi connectivity index (χ4v) is 2.47. The van der Waals surface area contributed by atoms with Crippen molar-refractivity contribution < 1.29 is 42.0 Å². The predicted octanol–water partition coefficient (Wildman–Crippen LogP) is 2.87. The molecule has 13 heteroatoms. The maximum Gasteiger partial charge on any atom is 0.409 e. The summed E-state index contributed by atoms with van der Waals surface area (Å²) in [7, 11) is 0. The molecule has 0 radical (unpaired) electrons. The third-order valence-electron chi connectivity index (χ3n) is 3.75. The summed E-state index contributed by atoms with van der Waals surface area (Å²) in [6, 6.07) is 0. The molecule has 2 amide bonds. The van der Waals surface area contributed by atoms with E-state index >= 15 is 0 Å². The quantitative estimate of drug-likeness (QED) is 0.301. The third kappa shape index (κ3) is 14.6. The molecule has 0 aromatic heterocycles. The van der Waals surface area contributed by atoms with E-state index in [-0.39, 0.29) is 58.5 Å². The molecule has 0 bridgehead atoms. The van der Waals surface area contributed by atoms with Crippen LogP contribution in [0.5, 0.6) is 0 Å². The first-order chi connectivity index (χ1) is 14.9. The van der Waals surface area contributed by atoms with Crippen LogP contribution in [0.1, 0.15) is 39.5 Å². The van der Waals surface area contributed by atoms with E-state index in [0.717, 1.165) is 17.7 Å². The van der Waals surface area contributed by atoms with Crippen LogP contribution in [0.3, 0.4) is 0 Å². The Labute approximate surface area is 192 Å². The van der Waals surface area contributed by atoms with E-state index in [4.69, 9.17) is 37.9 Å². The van der Waals surface area contributed by atoms with Gasteiger partial charge >= 0.3 is 24.1 Å². The number of carbonyl (C=O) groups is 4. The minimum atomic E-state index is -0.769. The number of hydrogen-bond donors (Lipinski definition) is 0. The second kappa shape index (κ2) is 18.8. The number of halogens is 2. The highest BCUT2D eigenvalue weighted by Crippen LogP contribution is 2.03. The molecule has 0 aliphatic heterocycles. The van der Waals surface area contributed by atoms with E-state index < -0.39 is 18.0 Å². The minimum Gasteiger partial charge on any atom is -0.447 e. The van der Waals surface area contributed by atoms with Gasteiger partial charge in [-0.1, -0.05) is 13.8 Å². The molecular weight excluding hydrogens is 459 g/mol. The summed E-state index contributed by atoms with van der Waals surface area (Å²) >= 11 is 9.90. The zero-order chi connectivity index (χ0) is 23.5. The molecular formula is C18H30Cl2N2O9. The van der Waals surface area contributed by atoms with Gasteiger partial charge in [0, 0.05) is 26.2 Å². The van der Waals surface area contributed by atoms with Crippen LogP contribution < -0.4 is 0 Å². The molecule has 0 rings (SSSR count). The molecule has 31 heavy (non-hydrogen) atoms. The lowest BCUT2D eigenvalue weighted by Gasteiger charge is -2.21. The van der Waals surface area contributed by atoms with E-state index in [1.54, 1.807) is 4.90 Å². The molecule has 0 unspecified atom stereocenters. The summed E-state index contributed by atoms with van der Waals surface area (Å²) in [6.07, 6.45) is 0.143. The Morgan fingerprint density at radius 3 is 1.39 bits per heavy atom. The molecule has 11 nitrogen and oxygen atoms in total. The van der Waals surface area contributed by atoms with Crippen molar-refractivity contribution in [3.8, 4) is 0 Å². The average molecular weight is 489 g/mol. The topological polar surface area (TPSA) is 121 Å². The summed E-state index contributed by atoms with van der Waals surface area (Å²) < 4.78 is 23.5. The smallest absolute Gasteiger partial charge is 0.409 e. The van der Waals surface area contributed by atoms with Crippen molar-refractivity contribution in [1.82, 2.24) is 9.80 Å². The van der Waals surface area contributed by atoms with Crippen LogP contribution in [0.4, 0.5) is 9.59 Å². The lowest BCUT2D eigenvalue weighted by Crippen LogP contribution is -2.36.